The van der Waals surface area contributed by atoms with Gasteiger partial charge in [-0.15, -0.1) is 11.8 Å². The van der Waals surface area contributed by atoms with Crippen LogP contribution in [-0.2, 0) is 25.7 Å². The van der Waals surface area contributed by atoms with Crippen LogP contribution in [0, 0.1) is 0 Å². The number of para-hydroxylation sites is 1. The summed E-state index contributed by atoms with van der Waals surface area (Å²) in [6.45, 7) is -0.132. The highest BCUT2D eigenvalue weighted by atomic mass is 79.9. The van der Waals surface area contributed by atoms with Crippen molar-refractivity contribution in [2.75, 3.05) is 19.0 Å². The molecule has 0 aromatic heterocycles. The van der Waals surface area contributed by atoms with Gasteiger partial charge >= 0.3 is 5.97 Å². The van der Waals surface area contributed by atoms with Crippen LogP contribution in [0.25, 0.3) is 0 Å². The number of carbonyl (C=O) groups is 3. The standard InChI is InChI=1S/C24H23BrN2O6S/c1-31-17-9-7-15(8-10-17)12-33-24(30)21-16(11-25)14-34-23-20(22(29)27(21)23)26-19(28)13-32-18-5-3-2-4-6-18/h2-10,14,20-21,23H,11-13H2,1H3,(H,26,28)/t20-,21?,23-/m1/s1. The van der Waals surface area contributed by atoms with E-state index in [2.05, 4.69) is 21.2 Å². The number of hydrogen-bond donors (Lipinski definition) is 1. The second-order valence-electron chi connectivity index (χ2n) is 7.60. The van der Waals surface area contributed by atoms with Crippen molar-refractivity contribution in [3.8, 4) is 11.5 Å². The molecule has 2 aliphatic heterocycles. The van der Waals surface area contributed by atoms with Crippen molar-refractivity contribution >= 4 is 45.5 Å². The topological polar surface area (TPSA) is 94.2 Å². The highest BCUT2D eigenvalue weighted by Crippen LogP contribution is 2.40. The van der Waals surface area contributed by atoms with E-state index in [1.165, 1.54) is 16.7 Å². The van der Waals surface area contributed by atoms with Gasteiger partial charge in [-0.25, -0.2) is 4.79 Å². The van der Waals surface area contributed by atoms with E-state index in [0.29, 0.717) is 16.8 Å². The van der Waals surface area contributed by atoms with Crippen LogP contribution in [0.4, 0.5) is 0 Å². The maximum Gasteiger partial charge on any atom is 0.333 e. The fraction of sp³-hybridized carbons (Fsp3) is 0.292. The average Bonchev–Trinajstić information content (AvgIpc) is 2.89. The summed E-state index contributed by atoms with van der Waals surface area (Å²) in [5.41, 5.74) is 1.53. The predicted octanol–water partition coefficient (Wildman–Crippen LogP) is 2.86. The first kappa shape index (κ1) is 24.2. The Hall–Kier alpha value is -2.98. The average molecular weight is 547 g/mol. The SMILES string of the molecule is COc1ccc(COC(=O)C2C(CBr)=CS[C@@H]3[C@H](NC(=O)COc4ccccc4)C(=O)N23)cc1. The third-order valence-electron chi connectivity index (χ3n) is 5.42. The smallest absolute Gasteiger partial charge is 0.333 e. The normalized spacial score (nSPS) is 21.0. The number of carbonyl (C=O) groups excluding carboxylic acids is 3. The Kier molecular flexibility index (Phi) is 7.79. The summed E-state index contributed by atoms with van der Waals surface area (Å²) in [4.78, 5) is 39.7. The molecule has 2 aromatic carbocycles. The zero-order valence-corrected chi connectivity index (χ0v) is 20.7. The molecule has 0 saturated carbocycles. The van der Waals surface area contributed by atoms with Crippen LogP contribution in [0.2, 0.25) is 0 Å². The number of alkyl halides is 1. The van der Waals surface area contributed by atoms with Gasteiger partial charge in [0, 0.05) is 5.33 Å². The van der Waals surface area contributed by atoms with E-state index >= 15 is 0 Å². The Morgan fingerprint density at radius 2 is 1.82 bits per heavy atom. The van der Waals surface area contributed by atoms with Gasteiger partial charge in [0.2, 0.25) is 5.91 Å². The van der Waals surface area contributed by atoms with Crippen LogP contribution in [0.1, 0.15) is 5.56 Å². The monoisotopic (exact) mass is 546 g/mol. The highest BCUT2D eigenvalue weighted by molar-refractivity contribution is 9.09. The van der Waals surface area contributed by atoms with Gasteiger partial charge in [0.05, 0.1) is 7.11 Å². The van der Waals surface area contributed by atoms with E-state index < -0.39 is 29.3 Å². The molecule has 34 heavy (non-hydrogen) atoms. The molecule has 0 aliphatic carbocycles. The Bertz CT molecular complexity index is 1080. The lowest BCUT2D eigenvalue weighted by Gasteiger charge is -2.51. The number of halogens is 1. The summed E-state index contributed by atoms with van der Waals surface area (Å²) in [5, 5.41) is 4.59. The minimum Gasteiger partial charge on any atom is -0.497 e. The summed E-state index contributed by atoms with van der Waals surface area (Å²) < 4.78 is 16.1. The Balaban J connectivity index is 1.36. The van der Waals surface area contributed by atoms with Crippen molar-refractivity contribution in [3.05, 3.63) is 71.1 Å². The van der Waals surface area contributed by atoms with E-state index in [4.69, 9.17) is 14.2 Å². The van der Waals surface area contributed by atoms with Gasteiger partial charge in [0.15, 0.2) is 12.6 Å². The first-order valence-electron chi connectivity index (χ1n) is 10.5. The van der Waals surface area contributed by atoms with E-state index in [1.54, 1.807) is 43.5 Å². The lowest BCUT2D eigenvalue weighted by molar-refractivity contribution is -0.164. The predicted molar refractivity (Wildman–Crippen MR) is 131 cm³/mol. The molecule has 178 valence electrons. The zero-order chi connectivity index (χ0) is 24.1. The first-order valence-corrected chi connectivity index (χ1v) is 12.6. The number of nitrogens with one attached hydrogen (secondary N) is 1. The van der Waals surface area contributed by atoms with Crippen molar-refractivity contribution in [2.24, 2.45) is 0 Å². The summed E-state index contributed by atoms with van der Waals surface area (Å²) >= 11 is 4.78. The third kappa shape index (κ3) is 5.23. The van der Waals surface area contributed by atoms with Crippen molar-refractivity contribution in [1.82, 2.24) is 10.2 Å². The fourth-order valence-corrected chi connectivity index (χ4v) is 5.55. The Morgan fingerprint density at radius 3 is 2.50 bits per heavy atom. The molecule has 1 unspecified atom stereocenters. The van der Waals surface area contributed by atoms with Gasteiger partial charge in [-0.05, 0) is 40.8 Å². The van der Waals surface area contributed by atoms with E-state index in [-0.39, 0.29) is 19.1 Å². The summed E-state index contributed by atoms with van der Waals surface area (Å²) in [6, 6.07) is 14.6. The van der Waals surface area contributed by atoms with E-state index in [0.717, 1.165) is 11.1 Å². The van der Waals surface area contributed by atoms with E-state index in [9.17, 15) is 14.4 Å². The maximum atomic E-state index is 13.0. The van der Waals surface area contributed by atoms with Gasteiger partial charge < -0.3 is 24.4 Å². The molecule has 0 bridgehead atoms. The van der Waals surface area contributed by atoms with Gasteiger partial charge in [-0.2, -0.15) is 0 Å². The molecule has 1 fully saturated rings. The van der Waals surface area contributed by atoms with Crippen LogP contribution in [0.15, 0.2) is 65.6 Å². The third-order valence-corrected chi connectivity index (χ3v) is 7.28. The quantitative estimate of drug-likeness (QED) is 0.293. The minimum absolute atomic E-state index is 0.0751. The number of esters is 1. The molecule has 2 aliphatic rings. The summed E-state index contributed by atoms with van der Waals surface area (Å²) in [6.07, 6.45) is 0. The molecular weight excluding hydrogens is 524 g/mol. The largest absolute Gasteiger partial charge is 0.497 e. The number of hydrogen-bond acceptors (Lipinski definition) is 7. The van der Waals surface area contributed by atoms with Crippen molar-refractivity contribution in [2.45, 2.75) is 24.1 Å². The molecule has 2 aromatic rings. The molecule has 8 nitrogen and oxygen atoms in total. The number of benzene rings is 2. The highest BCUT2D eigenvalue weighted by Gasteiger charge is 2.56. The molecule has 4 rings (SSSR count). The Labute approximate surface area is 209 Å². The number of thioether (sulfide) groups is 1. The van der Waals surface area contributed by atoms with Gasteiger partial charge in [-0.1, -0.05) is 46.3 Å². The van der Waals surface area contributed by atoms with Crippen molar-refractivity contribution in [3.63, 3.8) is 0 Å². The lowest BCUT2D eigenvalue weighted by atomic mass is 9.99. The van der Waals surface area contributed by atoms with Gasteiger partial charge in [0.25, 0.3) is 5.91 Å². The second kappa shape index (κ2) is 11.0. The maximum absolute atomic E-state index is 13.0. The molecule has 2 amide bonds. The number of nitrogens with zero attached hydrogens (tertiary/aromatic N) is 1. The summed E-state index contributed by atoms with van der Waals surface area (Å²) in [5.74, 6) is 0.0215. The molecule has 2 heterocycles. The minimum atomic E-state index is -0.843. The molecule has 3 atom stereocenters. The first-order chi connectivity index (χ1) is 16.5. The number of ether oxygens (including phenoxy) is 3. The number of β-lactam (4-membered cyclic amide) rings is 1. The van der Waals surface area contributed by atoms with Crippen LogP contribution < -0.4 is 14.8 Å². The van der Waals surface area contributed by atoms with Crippen LogP contribution >= 0.6 is 27.7 Å². The Morgan fingerprint density at radius 1 is 1.09 bits per heavy atom. The van der Waals surface area contributed by atoms with Gasteiger partial charge in [-0.3, -0.25) is 9.59 Å². The number of methoxy groups -OCH3 is 1. The van der Waals surface area contributed by atoms with Crippen LogP contribution in [-0.4, -0.2) is 59.2 Å². The van der Waals surface area contributed by atoms with Gasteiger partial charge in [0.1, 0.15) is 29.5 Å². The van der Waals surface area contributed by atoms with Crippen LogP contribution in [0.3, 0.4) is 0 Å². The molecule has 1 N–H and O–H groups in total. The van der Waals surface area contributed by atoms with Crippen LogP contribution in [0.5, 0.6) is 11.5 Å². The molecule has 0 spiro atoms. The van der Waals surface area contributed by atoms with E-state index in [1.807, 2.05) is 23.6 Å². The molecule has 1 saturated heterocycles. The summed E-state index contributed by atoms with van der Waals surface area (Å²) in [7, 11) is 1.58. The molecule has 0 radical (unpaired) electrons. The zero-order valence-electron chi connectivity index (χ0n) is 18.3. The number of amides is 2. The van der Waals surface area contributed by atoms with Crippen molar-refractivity contribution < 1.29 is 28.6 Å². The van der Waals surface area contributed by atoms with Crippen molar-refractivity contribution in [1.29, 1.82) is 0 Å². The lowest BCUT2D eigenvalue weighted by Crippen LogP contribution is -2.74. The second-order valence-corrected chi connectivity index (χ2v) is 9.16. The number of rotatable bonds is 9. The number of fused-ring (bicyclic) bond motifs is 1. The molecular formula is C24H23BrN2O6S. The molecule has 10 heteroatoms. The fourth-order valence-electron chi connectivity index (χ4n) is 3.64.